The standard InChI is InChI=1S/C24H22ClNO/c1-16-9-7-8-12-21(16)23(19-10-5-4-6-11-19)18(3)24(27)26-22-15-20(25)14-13-17(22)2/h4-15H,1-3H3,(H,26,27)/b23-18+. The molecule has 1 amide bonds. The summed E-state index contributed by atoms with van der Waals surface area (Å²) >= 11 is 6.09. The summed E-state index contributed by atoms with van der Waals surface area (Å²) in [4.78, 5) is 13.1. The zero-order valence-electron chi connectivity index (χ0n) is 15.7. The fourth-order valence-electron chi connectivity index (χ4n) is 3.09. The molecule has 1 N–H and O–H groups in total. The Morgan fingerprint density at radius 2 is 1.52 bits per heavy atom. The number of nitrogens with one attached hydrogen (secondary N) is 1. The van der Waals surface area contributed by atoms with Crippen molar-refractivity contribution < 1.29 is 4.79 Å². The summed E-state index contributed by atoms with van der Waals surface area (Å²) in [5, 5.41) is 3.61. The van der Waals surface area contributed by atoms with E-state index >= 15 is 0 Å². The van der Waals surface area contributed by atoms with Gasteiger partial charge in [-0.2, -0.15) is 0 Å². The first kappa shape index (κ1) is 18.9. The average Bonchev–Trinajstić information content (AvgIpc) is 2.67. The minimum absolute atomic E-state index is 0.137. The Hall–Kier alpha value is -2.84. The molecule has 0 atom stereocenters. The molecule has 136 valence electrons. The number of aryl methyl sites for hydroxylation is 2. The van der Waals surface area contributed by atoms with E-state index < -0.39 is 0 Å². The van der Waals surface area contributed by atoms with Crippen molar-refractivity contribution in [1.82, 2.24) is 0 Å². The highest BCUT2D eigenvalue weighted by Gasteiger charge is 2.17. The van der Waals surface area contributed by atoms with Gasteiger partial charge in [-0.05, 0) is 60.7 Å². The maximum Gasteiger partial charge on any atom is 0.251 e. The third kappa shape index (κ3) is 4.29. The number of amides is 1. The van der Waals surface area contributed by atoms with Gasteiger partial charge in [-0.15, -0.1) is 0 Å². The van der Waals surface area contributed by atoms with Crippen LogP contribution >= 0.6 is 11.6 Å². The van der Waals surface area contributed by atoms with E-state index in [0.717, 1.165) is 33.5 Å². The van der Waals surface area contributed by atoms with Crippen LogP contribution in [0.4, 0.5) is 5.69 Å². The third-order valence-electron chi connectivity index (χ3n) is 4.64. The Bertz CT molecular complexity index is 1010. The molecule has 0 heterocycles. The lowest BCUT2D eigenvalue weighted by molar-refractivity contribution is -0.112. The SMILES string of the molecule is C/C(C(=O)Nc1cc(Cl)ccc1C)=C(/c1ccccc1)c1ccccc1C. The summed E-state index contributed by atoms with van der Waals surface area (Å²) in [5.41, 5.74) is 6.49. The highest BCUT2D eigenvalue weighted by atomic mass is 35.5. The maximum atomic E-state index is 13.1. The van der Waals surface area contributed by atoms with Crippen LogP contribution in [0.5, 0.6) is 0 Å². The van der Waals surface area contributed by atoms with E-state index in [2.05, 4.69) is 24.4 Å². The van der Waals surface area contributed by atoms with Gasteiger partial charge in [-0.3, -0.25) is 4.79 Å². The van der Waals surface area contributed by atoms with E-state index in [1.54, 1.807) is 6.07 Å². The number of benzene rings is 3. The van der Waals surface area contributed by atoms with E-state index in [9.17, 15) is 4.79 Å². The summed E-state index contributed by atoms with van der Waals surface area (Å²) in [5.74, 6) is -0.137. The molecule has 0 radical (unpaired) electrons. The molecule has 0 unspecified atom stereocenters. The smallest absolute Gasteiger partial charge is 0.251 e. The number of hydrogen-bond donors (Lipinski definition) is 1. The third-order valence-corrected chi connectivity index (χ3v) is 4.88. The first-order chi connectivity index (χ1) is 13.0. The normalized spacial score (nSPS) is 11.7. The van der Waals surface area contributed by atoms with Crippen molar-refractivity contribution >= 4 is 28.8 Å². The van der Waals surface area contributed by atoms with Gasteiger partial charge in [0, 0.05) is 16.3 Å². The van der Waals surface area contributed by atoms with Crippen molar-refractivity contribution in [3.8, 4) is 0 Å². The minimum Gasteiger partial charge on any atom is -0.322 e. The molecule has 0 fully saturated rings. The minimum atomic E-state index is -0.137. The van der Waals surface area contributed by atoms with Crippen LogP contribution in [-0.2, 0) is 4.79 Å². The Balaban J connectivity index is 2.09. The molecule has 2 nitrogen and oxygen atoms in total. The van der Waals surface area contributed by atoms with Crippen molar-refractivity contribution in [2.45, 2.75) is 20.8 Å². The molecule has 3 aromatic rings. The van der Waals surface area contributed by atoms with Crippen LogP contribution in [0.1, 0.15) is 29.2 Å². The number of halogens is 1. The summed E-state index contributed by atoms with van der Waals surface area (Å²) < 4.78 is 0. The van der Waals surface area contributed by atoms with Crippen molar-refractivity contribution in [3.63, 3.8) is 0 Å². The van der Waals surface area contributed by atoms with Crippen LogP contribution in [-0.4, -0.2) is 5.91 Å². The first-order valence-electron chi connectivity index (χ1n) is 8.87. The summed E-state index contributed by atoms with van der Waals surface area (Å²) in [6.07, 6.45) is 0. The molecule has 27 heavy (non-hydrogen) atoms. The van der Waals surface area contributed by atoms with Crippen LogP contribution < -0.4 is 5.32 Å². The number of carbonyl (C=O) groups excluding carboxylic acids is 1. The second kappa shape index (κ2) is 8.24. The van der Waals surface area contributed by atoms with E-state index in [0.29, 0.717) is 10.6 Å². The van der Waals surface area contributed by atoms with Gasteiger partial charge >= 0.3 is 0 Å². The van der Waals surface area contributed by atoms with Gasteiger partial charge in [0.1, 0.15) is 0 Å². The predicted octanol–water partition coefficient (Wildman–Crippen LogP) is 6.42. The van der Waals surface area contributed by atoms with Crippen molar-refractivity contribution in [2.75, 3.05) is 5.32 Å². The fourth-order valence-corrected chi connectivity index (χ4v) is 3.26. The average molecular weight is 376 g/mol. The van der Waals surface area contributed by atoms with E-state index in [4.69, 9.17) is 11.6 Å². The second-order valence-corrected chi connectivity index (χ2v) is 7.03. The van der Waals surface area contributed by atoms with Gasteiger partial charge in [-0.25, -0.2) is 0 Å². The Labute approximate surface area is 165 Å². The molecular formula is C24H22ClNO. The predicted molar refractivity (Wildman–Crippen MR) is 114 cm³/mol. The highest BCUT2D eigenvalue weighted by Crippen LogP contribution is 2.30. The molecule has 3 rings (SSSR count). The number of hydrogen-bond acceptors (Lipinski definition) is 1. The van der Waals surface area contributed by atoms with Gasteiger partial charge < -0.3 is 5.32 Å². The molecule has 0 aliphatic carbocycles. The van der Waals surface area contributed by atoms with Crippen LogP contribution in [0.3, 0.4) is 0 Å². The van der Waals surface area contributed by atoms with Crippen LogP contribution in [0, 0.1) is 13.8 Å². The lowest BCUT2D eigenvalue weighted by atomic mass is 9.90. The number of carbonyl (C=O) groups is 1. The van der Waals surface area contributed by atoms with Crippen molar-refractivity contribution in [3.05, 3.63) is 106 Å². The fraction of sp³-hybridized carbons (Fsp3) is 0.125. The lowest BCUT2D eigenvalue weighted by Crippen LogP contribution is -2.15. The summed E-state index contributed by atoms with van der Waals surface area (Å²) in [7, 11) is 0. The molecular weight excluding hydrogens is 354 g/mol. The van der Waals surface area contributed by atoms with E-state index in [1.165, 1.54) is 0 Å². The summed E-state index contributed by atoms with van der Waals surface area (Å²) in [6, 6.07) is 23.6. The number of rotatable bonds is 4. The molecule has 0 saturated heterocycles. The Kier molecular flexibility index (Phi) is 5.78. The van der Waals surface area contributed by atoms with Crippen LogP contribution in [0.2, 0.25) is 5.02 Å². The zero-order valence-corrected chi connectivity index (χ0v) is 16.5. The maximum absolute atomic E-state index is 13.1. The monoisotopic (exact) mass is 375 g/mol. The number of anilines is 1. The topological polar surface area (TPSA) is 29.1 Å². The molecule has 0 spiro atoms. The highest BCUT2D eigenvalue weighted by molar-refractivity contribution is 6.31. The lowest BCUT2D eigenvalue weighted by Gasteiger charge is -2.16. The largest absolute Gasteiger partial charge is 0.322 e. The van der Waals surface area contributed by atoms with Crippen molar-refractivity contribution in [1.29, 1.82) is 0 Å². The second-order valence-electron chi connectivity index (χ2n) is 6.59. The summed E-state index contributed by atoms with van der Waals surface area (Å²) in [6.45, 7) is 5.87. The molecule has 0 aliphatic rings. The quantitative estimate of drug-likeness (QED) is 0.524. The van der Waals surface area contributed by atoms with Gasteiger partial charge in [0.05, 0.1) is 0 Å². The van der Waals surface area contributed by atoms with Crippen LogP contribution in [0.15, 0.2) is 78.4 Å². The molecule has 0 saturated carbocycles. The van der Waals surface area contributed by atoms with E-state index in [-0.39, 0.29) is 5.91 Å². The molecule has 0 aliphatic heterocycles. The van der Waals surface area contributed by atoms with E-state index in [1.807, 2.05) is 68.4 Å². The van der Waals surface area contributed by atoms with Gasteiger partial charge in [-0.1, -0.05) is 72.3 Å². The van der Waals surface area contributed by atoms with Crippen molar-refractivity contribution in [2.24, 2.45) is 0 Å². The first-order valence-corrected chi connectivity index (χ1v) is 9.25. The molecule has 3 heteroatoms. The zero-order chi connectivity index (χ0) is 19.4. The molecule has 3 aromatic carbocycles. The molecule has 0 bridgehead atoms. The van der Waals surface area contributed by atoms with Gasteiger partial charge in [0.2, 0.25) is 0 Å². The van der Waals surface area contributed by atoms with Gasteiger partial charge in [0.25, 0.3) is 5.91 Å². The van der Waals surface area contributed by atoms with Gasteiger partial charge in [0.15, 0.2) is 0 Å². The molecule has 0 aromatic heterocycles. The Morgan fingerprint density at radius 3 is 2.22 bits per heavy atom. The van der Waals surface area contributed by atoms with Crippen LogP contribution in [0.25, 0.3) is 5.57 Å². The Morgan fingerprint density at radius 1 is 0.852 bits per heavy atom.